The van der Waals surface area contributed by atoms with Crippen LogP contribution in [0, 0.1) is 5.92 Å². The fourth-order valence-electron chi connectivity index (χ4n) is 2.35. The Morgan fingerprint density at radius 2 is 2.05 bits per heavy atom. The van der Waals surface area contributed by atoms with Crippen LogP contribution in [-0.2, 0) is 17.7 Å². The van der Waals surface area contributed by atoms with Gasteiger partial charge in [-0.15, -0.1) is 0 Å². The van der Waals surface area contributed by atoms with Gasteiger partial charge in [0.05, 0.1) is 6.54 Å². The summed E-state index contributed by atoms with van der Waals surface area (Å²) in [5, 5.41) is 6.35. The predicted octanol–water partition coefficient (Wildman–Crippen LogP) is 3.23. The molecule has 22 heavy (non-hydrogen) atoms. The van der Waals surface area contributed by atoms with Gasteiger partial charge in [-0.3, -0.25) is 0 Å². The van der Waals surface area contributed by atoms with Crippen LogP contribution in [0.25, 0.3) is 0 Å². The molecule has 124 valence electrons. The summed E-state index contributed by atoms with van der Waals surface area (Å²) in [5.41, 5.74) is -0.461. The van der Waals surface area contributed by atoms with Crippen LogP contribution in [0.2, 0.25) is 0 Å². The molecule has 1 fully saturated rings. The van der Waals surface area contributed by atoms with E-state index in [4.69, 9.17) is 9.15 Å². The molecule has 1 saturated carbocycles. The zero-order valence-corrected chi connectivity index (χ0v) is 14.1. The predicted molar refractivity (Wildman–Crippen MR) is 85.7 cm³/mol. The van der Waals surface area contributed by atoms with Crippen molar-refractivity contribution in [2.75, 3.05) is 6.54 Å². The highest BCUT2D eigenvalue weighted by molar-refractivity contribution is 5.67. The van der Waals surface area contributed by atoms with E-state index in [0.717, 1.165) is 17.9 Å². The van der Waals surface area contributed by atoms with Crippen molar-refractivity contribution in [3.05, 3.63) is 23.7 Å². The number of hydrogen-bond donors (Lipinski definition) is 2. The number of ether oxygens (including phenoxy) is 1. The highest BCUT2D eigenvalue weighted by Gasteiger charge is 2.31. The number of aryl methyl sites for hydroxylation is 1. The van der Waals surface area contributed by atoms with E-state index in [-0.39, 0.29) is 12.1 Å². The maximum absolute atomic E-state index is 11.7. The van der Waals surface area contributed by atoms with Crippen molar-refractivity contribution in [2.45, 2.75) is 65.1 Å². The van der Waals surface area contributed by atoms with E-state index in [1.165, 1.54) is 12.8 Å². The Balaban J connectivity index is 1.76. The third-order valence-corrected chi connectivity index (χ3v) is 3.66. The summed E-state index contributed by atoms with van der Waals surface area (Å²) in [6, 6.07) is 4.29. The molecule has 1 unspecified atom stereocenters. The smallest absolute Gasteiger partial charge is 0.407 e. The van der Waals surface area contributed by atoms with Crippen molar-refractivity contribution in [3.8, 4) is 0 Å². The molecular formula is C17H28N2O3. The molecular weight excluding hydrogens is 280 g/mol. The molecule has 1 aromatic heterocycles. The van der Waals surface area contributed by atoms with Crippen LogP contribution in [-0.4, -0.2) is 24.3 Å². The fraction of sp³-hybridized carbons (Fsp3) is 0.706. The minimum Gasteiger partial charge on any atom is -0.465 e. The van der Waals surface area contributed by atoms with Crippen LogP contribution in [0.4, 0.5) is 4.79 Å². The molecule has 2 N–H and O–H groups in total. The van der Waals surface area contributed by atoms with Gasteiger partial charge in [-0.25, -0.2) is 4.79 Å². The lowest BCUT2D eigenvalue weighted by molar-refractivity contribution is 0.0521. The Morgan fingerprint density at radius 1 is 1.36 bits per heavy atom. The molecule has 0 spiro atoms. The quantitative estimate of drug-likeness (QED) is 0.811. The van der Waals surface area contributed by atoms with Gasteiger partial charge in [0.15, 0.2) is 0 Å². The van der Waals surface area contributed by atoms with Crippen molar-refractivity contribution in [3.63, 3.8) is 0 Å². The molecule has 1 aromatic rings. The molecule has 0 aromatic carbocycles. The monoisotopic (exact) mass is 308 g/mol. The molecule has 0 radical (unpaired) electrons. The molecule has 1 aliphatic carbocycles. The van der Waals surface area contributed by atoms with E-state index in [1.54, 1.807) is 0 Å². The van der Waals surface area contributed by atoms with Crippen LogP contribution in [0.3, 0.4) is 0 Å². The summed E-state index contributed by atoms with van der Waals surface area (Å²) >= 11 is 0. The third kappa shape index (κ3) is 5.72. The summed E-state index contributed by atoms with van der Waals surface area (Å²) in [4.78, 5) is 11.7. The molecule has 0 aliphatic heterocycles. The lowest BCUT2D eigenvalue weighted by atomic mass is 10.2. The minimum absolute atomic E-state index is 0.266. The second-order valence-corrected chi connectivity index (χ2v) is 6.93. The van der Waals surface area contributed by atoms with E-state index in [9.17, 15) is 4.79 Å². The van der Waals surface area contributed by atoms with E-state index in [0.29, 0.717) is 19.0 Å². The highest BCUT2D eigenvalue weighted by Crippen LogP contribution is 2.32. The first-order valence-electron chi connectivity index (χ1n) is 8.15. The van der Waals surface area contributed by atoms with Gasteiger partial charge in [0.25, 0.3) is 0 Å². The summed E-state index contributed by atoms with van der Waals surface area (Å²) in [5.74, 6) is 2.59. The third-order valence-electron chi connectivity index (χ3n) is 3.66. The van der Waals surface area contributed by atoms with Gasteiger partial charge in [-0.05, 0) is 51.7 Å². The average Bonchev–Trinajstić information content (AvgIpc) is 3.15. The Bertz CT molecular complexity index is 486. The molecule has 0 bridgehead atoms. The first kappa shape index (κ1) is 16.9. The number of amides is 1. The number of alkyl carbamates (subject to hydrolysis) is 1. The van der Waals surface area contributed by atoms with Crippen LogP contribution in [0.1, 0.15) is 52.1 Å². The molecule has 1 aliphatic rings. The van der Waals surface area contributed by atoms with Crippen molar-refractivity contribution in [1.29, 1.82) is 0 Å². The zero-order chi connectivity index (χ0) is 16.2. The lowest BCUT2D eigenvalue weighted by Crippen LogP contribution is -2.43. The molecule has 0 saturated heterocycles. The van der Waals surface area contributed by atoms with Crippen molar-refractivity contribution < 1.29 is 13.9 Å². The molecule has 2 rings (SSSR count). The van der Waals surface area contributed by atoms with Gasteiger partial charge < -0.3 is 19.8 Å². The largest absolute Gasteiger partial charge is 0.465 e. The summed E-state index contributed by atoms with van der Waals surface area (Å²) < 4.78 is 11.0. The maximum atomic E-state index is 11.7. The Labute approximate surface area is 132 Å². The van der Waals surface area contributed by atoms with Gasteiger partial charge in [0, 0.05) is 19.0 Å². The van der Waals surface area contributed by atoms with E-state index >= 15 is 0 Å². The Morgan fingerprint density at radius 3 is 2.59 bits per heavy atom. The van der Waals surface area contributed by atoms with Crippen molar-refractivity contribution in [1.82, 2.24) is 10.6 Å². The maximum Gasteiger partial charge on any atom is 0.407 e. The summed E-state index contributed by atoms with van der Waals surface area (Å²) in [6.45, 7) is 8.95. The van der Waals surface area contributed by atoms with Crippen LogP contribution < -0.4 is 10.6 Å². The molecule has 1 heterocycles. The van der Waals surface area contributed by atoms with E-state index in [1.807, 2.05) is 32.9 Å². The molecule has 1 amide bonds. The fourth-order valence-corrected chi connectivity index (χ4v) is 2.35. The average molecular weight is 308 g/mol. The highest BCUT2D eigenvalue weighted by atomic mass is 16.6. The standard InChI is InChI=1S/C17H28N2O3/c1-5-13-8-9-14(21-13)10-18-15(12-6-7-12)11-19-16(20)22-17(2,3)4/h8-9,12,15,18H,5-7,10-11H2,1-4H3,(H,19,20). The molecule has 5 heteroatoms. The van der Waals surface area contributed by atoms with Crippen molar-refractivity contribution in [2.24, 2.45) is 5.92 Å². The van der Waals surface area contributed by atoms with Gasteiger partial charge in [0.2, 0.25) is 0 Å². The van der Waals surface area contributed by atoms with Crippen molar-refractivity contribution >= 4 is 6.09 Å². The number of furan rings is 1. The summed E-state index contributed by atoms with van der Waals surface area (Å²) in [7, 11) is 0. The van der Waals surface area contributed by atoms with Gasteiger partial charge >= 0.3 is 6.09 Å². The number of nitrogens with one attached hydrogen (secondary N) is 2. The minimum atomic E-state index is -0.461. The first-order chi connectivity index (χ1) is 10.4. The summed E-state index contributed by atoms with van der Waals surface area (Å²) in [6.07, 6.45) is 2.98. The van der Waals surface area contributed by atoms with Crippen LogP contribution >= 0.6 is 0 Å². The lowest BCUT2D eigenvalue weighted by Gasteiger charge is -2.22. The molecule has 5 nitrogen and oxygen atoms in total. The topological polar surface area (TPSA) is 63.5 Å². The second kappa shape index (κ2) is 7.18. The zero-order valence-electron chi connectivity index (χ0n) is 14.1. The van der Waals surface area contributed by atoms with Crippen LogP contribution in [0.15, 0.2) is 16.5 Å². The number of hydrogen-bond acceptors (Lipinski definition) is 4. The number of carbonyl (C=O) groups excluding carboxylic acids is 1. The second-order valence-electron chi connectivity index (χ2n) is 6.93. The van der Waals surface area contributed by atoms with Crippen LogP contribution in [0.5, 0.6) is 0 Å². The molecule has 1 atom stereocenters. The van der Waals surface area contributed by atoms with E-state index < -0.39 is 5.60 Å². The number of carbonyl (C=O) groups is 1. The first-order valence-corrected chi connectivity index (χ1v) is 8.15. The Hall–Kier alpha value is -1.49. The van der Waals surface area contributed by atoms with Gasteiger partial charge in [0.1, 0.15) is 17.1 Å². The van der Waals surface area contributed by atoms with Gasteiger partial charge in [-0.2, -0.15) is 0 Å². The van der Waals surface area contributed by atoms with Gasteiger partial charge in [-0.1, -0.05) is 6.92 Å². The Kier molecular flexibility index (Phi) is 5.51. The number of rotatable bonds is 7. The normalized spacial score (nSPS) is 16.4. The van der Waals surface area contributed by atoms with E-state index in [2.05, 4.69) is 17.6 Å². The SMILES string of the molecule is CCc1ccc(CNC(CNC(=O)OC(C)(C)C)C2CC2)o1.